The van der Waals surface area contributed by atoms with Gasteiger partial charge in [0.05, 0.1) is 32.5 Å². The predicted molar refractivity (Wildman–Crippen MR) is 237 cm³/mol. The fraction of sp³-hybridized carbons (Fsp3) is 0.0392. The van der Waals surface area contributed by atoms with E-state index in [4.69, 9.17) is 9.97 Å². The highest BCUT2D eigenvalue weighted by Crippen LogP contribution is 2.45. The Kier molecular flexibility index (Phi) is 7.16. The van der Waals surface area contributed by atoms with Crippen molar-refractivity contribution in [1.29, 1.82) is 0 Å². The molecule has 0 N–H and O–H groups in total. The van der Waals surface area contributed by atoms with Crippen LogP contribution in [0.5, 0.6) is 0 Å². The van der Waals surface area contributed by atoms with Crippen LogP contribution in [-0.2, 0) is 6.42 Å². The van der Waals surface area contributed by atoms with E-state index in [-0.39, 0.29) is 5.92 Å². The Bertz CT molecular complexity index is 3380. The van der Waals surface area contributed by atoms with Crippen LogP contribution >= 0.6 is 11.3 Å². The van der Waals surface area contributed by atoms with Crippen LogP contribution in [0.3, 0.4) is 0 Å². The lowest BCUT2D eigenvalue weighted by Gasteiger charge is -2.21. The maximum atomic E-state index is 5.44. The molecule has 1 atom stereocenters. The molecule has 0 saturated heterocycles. The van der Waals surface area contributed by atoms with Gasteiger partial charge < -0.3 is 4.57 Å². The summed E-state index contributed by atoms with van der Waals surface area (Å²) in [5.41, 5.74) is 11.7. The zero-order chi connectivity index (χ0) is 37.5. The molecule has 11 aromatic rings. The van der Waals surface area contributed by atoms with Crippen molar-refractivity contribution in [1.82, 2.24) is 24.1 Å². The molecule has 6 aromatic carbocycles. The fourth-order valence-corrected chi connectivity index (χ4v) is 10.1. The number of allylic oxidation sites excluding steroid dienone is 1. The molecule has 5 aromatic heterocycles. The van der Waals surface area contributed by atoms with Gasteiger partial charge in [-0.3, -0.25) is 9.55 Å². The molecule has 6 heteroatoms. The number of benzene rings is 6. The summed E-state index contributed by atoms with van der Waals surface area (Å²) in [6, 6.07) is 56.7. The number of thiophene rings is 1. The molecule has 0 fully saturated rings. The van der Waals surface area contributed by atoms with Crippen LogP contribution < -0.4 is 0 Å². The number of hydrogen-bond donors (Lipinski definition) is 0. The van der Waals surface area contributed by atoms with Crippen molar-refractivity contribution >= 4 is 71.1 Å². The van der Waals surface area contributed by atoms with Crippen LogP contribution in [0.25, 0.3) is 93.1 Å². The summed E-state index contributed by atoms with van der Waals surface area (Å²) in [5.74, 6) is 1.74. The van der Waals surface area contributed by atoms with Gasteiger partial charge in [0.2, 0.25) is 0 Å². The molecular formula is C51H33N5S. The van der Waals surface area contributed by atoms with E-state index in [0.717, 1.165) is 33.5 Å². The third kappa shape index (κ3) is 5.04. The number of hydrogen-bond acceptors (Lipinski definition) is 4. The summed E-state index contributed by atoms with van der Waals surface area (Å²) in [7, 11) is 0. The minimum Gasteiger partial charge on any atom is -0.309 e. The van der Waals surface area contributed by atoms with E-state index < -0.39 is 0 Å². The first-order valence-electron chi connectivity index (χ1n) is 19.4. The molecule has 0 aliphatic heterocycles. The number of pyridine rings is 1. The van der Waals surface area contributed by atoms with E-state index in [2.05, 4.69) is 172 Å². The average Bonchev–Trinajstić information content (AvgIpc) is 3.96. The fourth-order valence-electron chi connectivity index (χ4n) is 9.02. The lowest BCUT2D eigenvalue weighted by Crippen LogP contribution is -2.10. The molecule has 0 bridgehead atoms. The Labute approximate surface area is 332 Å². The van der Waals surface area contributed by atoms with Gasteiger partial charge in [0.15, 0.2) is 11.6 Å². The van der Waals surface area contributed by atoms with Crippen LogP contribution in [0.15, 0.2) is 176 Å². The molecule has 268 valence electrons. The molecule has 0 spiro atoms. The zero-order valence-corrected chi connectivity index (χ0v) is 31.6. The second-order valence-corrected chi connectivity index (χ2v) is 15.9. The minimum absolute atomic E-state index is 0.155. The van der Waals surface area contributed by atoms with Gasteiger partial charge in [-0.2, -0.15) is 0 Å². The van der Waals surface area contributed by atoms with Crippen molar-refractivity contribution in [3.8, 4) is 33.3 Å². The Balaban J connectivity index is 1.12. The zero-order valence-electron chi connectivity index (χ0n) is 30.7. The van der Waals surface area contributed by atoms with Crippen molar-refractivity contribution in [3.05, 3.63) is 193 Å². The van der Waals surface area contributed by atoms with E-state index in [9.17, 15) is 0 Å². The van der Waals surface area contributed by atoms with Gasteiger partial charge in [-0.25, -0.2) is 9.97 Å². The quantitative estimate of drug-likeness (QED) is 0.176. The van der Waals surface area contributed by atoms with E-state index in [1.54, 1.807) is 11.3 Å². The number of fused-ring (bicyclic) bond motifs is 8. The van der Waals surface area contributed by atoms with Gasteiger partial charge in [0.25, 0.3) is 0 Å². The topological polar surface area (TPSA) is 48.5 Å². The molecule has 5 nitrogen and oxygen atoms in total. The molecule has 57 heavy (non-hydrogen) atoms. The average molecular weight is 748 g/mol. The summed E-state index contributed by atoms with van der Waals surface area (Å²) in [5, 5.41) is 6.24. The van der Waals surface area contributed by atoms with Gasteiger partial charge in [-0.05, 0) is 88.5 Å². The molecule has 12 rings (SSSR count). The van der Waals surface area contributed by atoms with Crippen LogP contribution in [0.2, 0.25) is 0 Å². The predicted octanol–water partition coefficient (Wildman–Crippen LogP) is 13.0. The summed E-state index contributed by atoms with van der Waals surface area (Å²) >= 11 is 1.76. The van der Waals surface area contributed by atoms with Crippen LogP contribution in [-0.4, -0.2) is 24.1 Å². The second-order valence-electron chi connectivity index (χ2n) is 14.8. The maximum Gasteiger partial charge on any atom is 0.162 e. The normalized spacial score (nSPS) is 14.0. The van der Waals surface area contributed by atoms with Gasteiger partial charge in [0, 0.05) is 50.6 Å². The SMILES string of the molecule is C1=CC(c2cccc3c4ccccc4n(-c4ccccc4)c23)Cc2c1n(-c1nc(-c3ccncc3)nc3cc(-c4ccccc4)sc13)c1cc3ccccc3cc21. The first-order chi connectivity index (χ1) is 28.3. The lowest BCUT2D eigenvalue weighted by molar-refractivity contribution is 0.826. The third-order valence-corrected chi connectivity index (χ3v) is 12.8. The Morgan fingerprint density at radius 1 is 0.579 bits per heavy atom. The summed E-state index contributed by atoms with van der Waals surface area (Å²) in [6.07, 6.45) is 9.25. The van der Waals surface area contributed by atoms with Crippen molar-refractivity contribution in [3.63, 3.8) is 0 Å². The van der Waals surface area contributed by atoms with Crippen molar-refractivity contribution in [2.75, 3.05) is 0 Å². The lowest BCUT2D eigenvalue weighted by atomic mass is 9.85. The monoisotopic (exact) mass is 747 g/mol. The Hall–Kier alpha value is -7.15. The summed E-state index contributed by atoms with van der Waals surface area (Å²) < 4.78 is 5.93. The second kappa shape index (κ2) is 12.7. The largest absolute Gasteiger partial charge is 0.309 e. The Morgan fingerprint density at radius 3 is 2.16 bits per heavy atom. The highest BCUT2D eigenvalue weighted by Gasteiger charge is 2.28. The van der Waals surface area contributed by atoms with Gasteiger partial charge >= 0.3 is 0 Å². The standard InChI is InChI=1S/C51H33N5S/c1-3-12-32(13-4-1)47-31-43-49(57-47)51(54-50(53-43)33-24-26-52-27-25-33)56-45-23-22-36(29-41(45)42-28-34-14-7-8-15-35(34)30-46(42)56)38-19-11-20-40-39-18-9-10-21-44(39)55(48(38)40)37-16-5-2-6-17-37/h1-28,30-31,36H,29H2. The molecule has 1 unspecified atom stereocenters. The first-order valence-corrected chi connectivity index (χ1v) is 20.2. The smallest absolute Gasteiger partial charge is 0.162 e. The van der Waals surface area contributed by atoms with E-state index >= 15 is 0 Å². The number of para-hydroxylation sites is 3. The molecular weight excluding hydrogens is 715 g/mol. The third-order valence-electron chi connectivity index (χ3n) is 11.6. The van der Waals surface area contributed by atoms with Gasteiger partial charge in [-0.15, -0.1) is 11.3 Å². The number of rotatable bonds is 5. The highest BCUT2D eigenvalue weighted by atomic mass is 32.1. The molecule has 1 aliphatic rings. The van der Waals surface area contributed by atoms with Crippen molar-refractivity contribution in [2.45, 2.75) is 12.3 Å². The van der Waals surface area contributed by atoms with Crippen LogP contribution in [0.4, 0.5) is 0 Å². The summed E-state index contributed by atoms with van der Waals surface area (Å²) in [6.45, 7) is 0. The van der Waals surface area contributed by atoms with Crippen LogP contribution in [0, 0.1) is 0 Å². The molecule has 5 heterocycles. The summed E-state index contributed by atoms with van der Waals surface area (Å²) in [4.78, 5) is 16.1. The Morgan fingerprint density at radius 2 is 1.32 bits per heavy atom. The van der Waals surface area contributed by atoms with Crippen LogP contribution in [0.1, 0.15) is 22.7 Å². The van der Waals surface area contributed by atoms with E-state index in [1.165, 1.54) is 70.9 Å². The number of nitrogens with zero attached hydrogens (tertiary/aromatic N) is 5. The molecule has 0 radical (unpaired) electrons. The molecule has 1 aliphatic carbocycles. The molecule has 0 saturated carbocycles. The minimum atomic E-state index is 0.155. The van der Waals surface area contributed by atoms with Crippen molar-refractivity contribution < 1.29 is 0 Å². The van der Waals surface area contributed by atoms with Crippen molar-refractivity contribution in [2.24, 2.45) is 0 Å². The van der Waals surface area contributed by atoms with Gasteiger partial charge in [0.1, 0.15) is 0 Å². The number of aromatic nitrogens is 5. The van der Waals surface area contributed by atoms with E-state index in [1.807, 2.05) is 24.5 Å². The van der Waals surface area contributed by atoms with E-state index in [0.29, 0.717) is 5.82 Å². The molecule has 0 amide bonds. The first kappa shape index (κ1) is 32.1. The highest BCUT2D eigenvalue weighted by molar-refractivity contribution is 7.22. The van der Waals surface area contributed by atoms with Gasteiger partial charge in [-0.1, -0.05) is 115 Å². The maximum absolute atomic E-state index is 5.44.